The molecule has 2 rings (SSSR count). The fraction of sp³-hybridized carbons (Fsp3) is 0.273. The van der Waals surface area contributed by atoms with Crippen LogP contribution in [0.2, 0.25) is 0 Å². The molecular formula is C11H13N3O4S2. The van der Waals surface area contributed by atoms with Crippen molar-refractivity contribution in [3.63, 3.8) is 0 Å². The van der Waals surface area contributed by atoms with Crippen molar-refractivity contribution in [2.24, 2.45) is 0 Å². The highest BCUT2D eigenvalue weighted by molar-refractivity contribution is 7.88. The molecule has 0 atom stereocenters. The van der Waals surface area contributed by atoms with Gasteiger partial charge in [-0.25, -0.2) is 17.7 Å². The van der Waals surface area contributed by atoms with Gasteiger partial charge in [0.25, 0.3) is 15.9 Å². The van der Waals surface area contributed by atoms with Crippen LogP contribution in [-0.2, 0) is 10.0 Å². The number of anilines is 1. The van der Waals surface area contributed by atoms with Gasteiger partial charge in [0.05, 0.1) is 5.69 Å². The maximum atomic E-state index is 11.9. The Morgan fingerprint density at radius 2 is 2.10 bits per heavy atom. The second kappa shape index (κ2) is 5.35. The lowest BCUT2D eigenvalue weighted by molar-refractivity contribution is 0.0991. The number of aromatic nitrogens is 1. The molecule has 0 unspecified atom stereocenters. The molecule has 1 amide bonds. The van der Waals surface area contributed by atoms with Gasteiger partial charge in [0.15, 0.2) is 10.9 Å². The molecule has 0 saturated carbocycles. The third kappa shape index (κ3) is 2.89. The number of hydrogen-bond acceptors (Lipinski definition) is 6. The van der Waals surface area contributed by atoms with Gasteiger partial charge in [-0.2, -0.15) is 0 Å². The molecule has 0 fully saturated rings. The van der Waals surface area contributed by atoms with Gasteiger partial charge in [-0.15, -0.1) is 11.3 Å². The summed E-state index contributed by atoms with van der Waals surface area (Å²) in [5.74, 6) is -0.627. The summed E-state index contributed by atoms with van der Waals surface area (Å²) in [7, 11) is -0.915. The van der Waals surface area contributed by atoms with E-state index in [1.54, 1.807) is 12.3 Å². The lowest BCUT2D eigenvalue weighted by Gasteiger charge is -2.07. The minimum atomic E-state index is -3.68. The van der Waals surface area contributed by atoms with Crippen LogP contribution in [0.4, 0.5) is 5.13 Å². The summed E-state index contributed by atoms with van der Waals surface area (Å²) in [6, 6.07) is 2.56. The van der Waals surface area contributed by atoms with Crippen molar-refractivity contribution < 1.29 is 17.6 Å². The molecule has 1 N–H and O–H groups in total. The zero-order valence-electron chi connectivity index (χ0n) is 11.1. The molecule has 0 aliphatic rings. The van der Waals surface area contributed by atoms with Crippen molar-refractivity contribution in [3.8, 4) is 0 Å². The van der Waals surface area contributed by atoms with Crippen LogP contribution < -0.4 is 5.32 Å². The van der Waals surface area contributed by atoms with Crippen molar-refractivity contribution in [3.05, 3.63) is 29.0 Å². The van der Waals surface area contributed by atoms with E-state index in [9.17, 15) is 13.2 Å². The predicted octanol–water partition coefficient (Wildman–Crippen LogP) is 1.55. The van der Waals surface area contributed by atoms with E-state index in [2.05, 4.69) is 10.3 Å². The van der Waals surface area contributed by atoms with Crippen molar-refractivity contribution in [1.29, 1.82) is 0 Å². The molecule has 20 heavy (non-hydrogen) atoms. The average Bonchev–Trinajstić information content (AvgIpc) is 2.98. The van der Waals surface area contributed by atoms with Gasteiger partial charge in [-0.3, -0.25) is 10.1 Å². The number of rotatable bonds is 4. The molecule has 2 heterocycles. The van der Waals surface area contributed by atoms with Crippen LogP contribution in [0.5, 0.6) is 0 Å². The van der Waals surface area contributed by atoms with E-state index in [0.29, 0.717) is 5.13 Å². The summed E-state index contributed by atoms with van der Waals surface area (Å²) in [5, 5.41) is 4.49. The Morgan fingerprint density at radius 3 is 2.65 bits per heavy atom. The number of thiazole rings is 1. The Bertz CT molecular complexity index is 730. The molecule has 2 aromatic rings. The maximum Gasteiger partial charge on any atom is 0.293 e. The van der Waals surface area contributed by atoms with E-state index in [1.165, 1.54) is 37.6 Å². The standard InChI is InChI=1S/C11H13N3O4S2/c1-7-6-19-11(12-7)13-10(15)8-4-5-9(18-8)20(16,17)14(2)3/h4-6H,1-3H3,(H,12,13,15). The molecule has 0 aliphatic carbocycles. The van der Waals surface area contributed by atoms with E-state index in [4.69, 9.17) is 4.42 Å². The normalized spacial score (nSPS) is 11.8. The first-order chi connectivity index (χ1) is 9.30. The zero-order chi connectivity index (χ0) is 14.9. The Hall–Kier alpha value is -1.71. The summed E-state index contributed by atoms with van der Waals surface area (Å²) in [6.45, 7) is 1.81. The molecule has 0 bridgehead atoms. The number of nitrogens with zero attached hydrogens (tertiary/aromatic N) is 2. The van der Waals surface area contributed by atoms with Gasteiger partial charge in [0.2, 0.25) is 5.09 Å². The van der Waals surface area contributed by atoms with Crippen LogP contribution in [-0.4, -0.2) is 37.7 Å². The first-order valence-electron chi connectivity index (χ1n) is 5.56. The molecule has 108 valence electrons. The Kier molecular flexibility index (Phi) is 3.93. The predicted molar refractivity (Wildman–Crippen MR) is 74.4 cm³/mol. The second-order valence-corrected chi connectivity index (χ2v) is 7.10. The lowest BCUT2D eigenvalue weighted by atomic mass is 10.4. The van der Waals surface area contributed by atoms with Crippen molar-refractivity contribution >= 4 is 32.4 Å². The molecular weight excluding hydrogens is 302 g/mol. The Labute approximate surface area is 120 Å². The maximum absolute atomic E-state index is 11.9. The zero-order valence-corrected chi connectivity index (χ0v) is 12.7. The van der Waals surface area contributed by atoms with Crippen LogP contribution in [0.3, 0.4) is 0 Å². The highest BCUT2D eigenvalue weighted by atomic mass is 32.2. The van der Waals surface area contributed by atoms with Gasteiger partial charge >= 0.3 is 0 Å². The third-order valence-corrected chi connectivity index (χ3v) is 4.94. The van der Waals surface area contributed by atoms with Crippen molar-refractivity contribution in [2.45, 2.75) is 12.0 Å². The van der Waals surface area contributed by atoms with E-state index >= 15 is 0 Å². The summed E-state index contributed by atoms with van der Waals surface area (Å²) in [4.78, 5) is 16.0. The number of amides is 1. The molecule has 7 nitrogen and oxygen atoms in total. The van der Waals surface area contributed by atoms with E-state index in [-0.39, 0.29) is 10.9 Å². The minimum absolute atomic E-state index is 0.0849. The summed E-state index contributed by atoms with van der Waals surface area (Å²) < 4.78 is 29.7. The van der Waals surface area contributed by atoms with Crippen molar-refractivity contribution in [2.75, 3.05) is 19.4 Å². The van der Waals surface area contributed by atoms with E-state index < -0.39 is 15.9 Å². The largest absolute Gasteiger partial charge is 0.438 e. The quantitative estimate of drug-likeness (QED) is 0.924. The summed E-state index contributed by atoms with van der Waals surface area (Å²) in [6.07, 6.45) is 0. The third-order valence-electron chi connectivity index (χ3n) is 2.38. The van der Waals surface area contributed by atoms with Gasteiger partial charge in [0.1, 0.15) is 0 Å². The van der Waals surface area contributed by atoms with Crippen LogP contribution >= 0.6 is 11.3 Å². The van der Waals surface area contributed by atoms with Crippen molar-refractivity contribution in [1.82, 2.24) is 9.29 Å². The summed E-state index contributed by atoms with van der Waals surface area (Å²) >= 11 is 1.28. The first kappa shape index (κ1) is 14.7. The highest BCUT2D eigenvalue weighted by Crippen LogP contribution is 2.19. The number of carbonyl (C=O) groups excluding carboxylic acids is 1. The van der Waals surface area contributed by atoms with Crippen LogP contribution in [0.1, 0.15) is 16.2 Å². The highest BCUT2D eigenvalue weighted by Gasteiger charge is 2.23. The van der Waals surface area contributed by atoms with Crippen LogP contribution in [0, 0.1) is 6.92 Å². The lowest BCUT2D eigenvalue weighted by Crippen LogP contribution is -2.21. The average molecular weight is 315 g/mol. The fourth-order valence-electron chi connectivity index (χ4n) is 1.33. The van der Waals surface area contributed by atoms with Gasteiger partial charge in [-0.1, -0.05) is 0 Å². The topological polar surface area (TPSA) is 92.5 Å². The molecule has 2 aromatic heterocycles. The SMILES string of the molecule is Cc1csc(NC(=O)c2ccc(S(=O)(=O)N(C)C)o2)n1. The summed E-state index contributed by atoms with van der Waals surface area (Å²) in [5.41, 5.74) is 0.792. The molecule has 0 spiro atoms. The molecule has 0 aromatic carbocycles. The van der Waals surface area contributed by atoms with Gasteiger partial charge < -0.3 is 4.42 Å². The number of nitrogens with one attached hydrogen (secondary N) is 1. The molecule has 0 saturated heterocycles. The molecule has 0 radical (unpaired) electrons. The molecule has 0 aliphatic heterocycles. The fourth-order valence-corrected chi connectivity index (χ4v) is 2.81. The van der Waals surface area contributed by atoms with Gasteiger partial charge in [0, 0.05) is 19.5 Å². The number of carbonyl (C=O) groups is 1. The first-order valence-corrected chi connectivity index (χ1v) is 7.88. The number of sulfonamides is 1. The monoisotopic (exact) mass is 315 g/mol. The van der Waals surface area contributed by atoms with Gasteiger partial charge in [-0.05, 0) is 19.1 Å². The van der Waals surface area contributed by atoms with Crippen LogP contribution in [0.15, 0.2) is 27.0 Å². The number of hydrogen-bond donors (Lipinski definition) is 1. The number of aryl methyl sites for hydroxylation is 1. The minimum Gasteiger partial charge on any atom is -0.438 e. The van der Waals surface area contributed by atoms with E-state index in [1.807, 2.05) is 0 Å². The smallest absolute Gasteiger partial charge is 0.293 e. The molecule has 9 heteroatoms. The Morgan fingerprint density at radius 1 is 1.40 bits per heavy atom. The van der Waals surface area contributed by atoms with E-state index in [0.717, 1.165) is 10.00 Å². The Balaban J connectivity index is 2.19. The number of furan rings is 1. The van der Waals surface area contributed by atoms with Crippen LogP contribution in [0.25, 0.3) is 0 Å². The second-order valence-electron chi connectivity index (χ2n) is 4.15.